The average molecular weight is 1640 g/mol. The molecule has 0 aromatic heterocycles. The third-order valence-corrected chi connectivity index (χ3v) is 25.7. The van der Waals surface area contributed by atoms with Crippen molar-refractivity contribution < 1.29 is 21.2 Å². The molecule has 0 saturated heterocycles. The molecule has 0 unspecified atom stereocenters. The fourth-order valence-corrected chi connectivity index (χ4v) is 17.8. The van der Waals surface area contributed by atoms with E-state index in [1.165, 1.54) is 549 Å². The van der Waals surface area contributed by atoms with Gasteiger partial charge >= 0.3 is 16.5 Å². The van der Waals surface area contributed by atoms with Gasteiger partial charge in [-0.1, -0.05) is 567 Å². The molecule has 3 rings (SSSR count). The molecule has 2 aromatic carbocycles. The van der Waals surface area contributed by atoms with Crippen LogP contribution in [0.4, 0.5) is 0 Å². The van der Waals surface area contributed by atoms with Crippen LogP contribution in [-0.4, -0.2) is 4.70 Å². The zero-order chi connectivity index (χ0) is 82.1. The van der Waals surface area contributed by atoms with Crippen molar-refractivity contribution in [3.05, 3.63) is 101 Å². The van der Waals surface area contributed by atoms with E-state index in [-0.39, 0.29) is 16.5 Å². The number of allylic oxidation sites excluding steroid dienone is 2. The summed E-state index contributed by atoms with van der Waals surface area (Å²) in [6.07, 6.45) is 124. The molecule has 0 saturated carbocycles. The molecule has 0 fully saturated rings. The topological polar surface area (TPSA) is 25.3 Å². The normalized spacial score (nSPS) is 12.2. The van der Waals surface area contributed by atoms with E-state index in [4.69, 9.17) is 0 Å². The minimum atomic E-state index is 0. The molecule has 1 aliphatic rings. The van der Waals surface area contributed by atoms with Crippen molar-refractivity contribution >= 4 is 11.4 Å². The van der Waals surface area contributed by atoms with E-state index < -0.39 is 0 Å². The van der Waals surface area contributed by atoms with Crippen LogP contribution >= 0.6 is 0 Å². The molecule has 2 nitrogen and oxygen atoms in total. The second kappa shape index (κ2) is 94.3. The van der Waals surface area contributed by atoms with Gasteiger partial charge in [0.25, 0.3) is 0 Å². The Labute approximate surface area is 735 Å². The van der Waals surface area contributed by atoms with Crippen LogP contribution in [0.2, 0.25) is 0 Å². The number of nitrogens with zero attached hydrogens (tertiary/aromatic N) is 2. The van der Waals surface area contributed by atoms with Gasteiger partial charge in [-0.15, -0.1) is 0 Å². The third-order valence-electron chi connectivity index (χ3n) is 25.7. The fraction of sp³-hybridized carbons (Fsp3) is 0.839. The van der Waals surface area contributed by atoms with Crippen LogP contribution in [0.15, 0.2) is 59.7 Å². The van der Waals surface area contributed by atoms with E-state index in [0.717, 1.165) is 61.0 Å². The van der Waals surface area contributed by atoms with Gasteiger partial charge in [0.05, 0.1) is 0 Å². The Morgan fingerprint density at radius 3 is 0.487 bits per heavy atom. The van der Waals surface area contributed by atoms with Crippen molar-refractivity contribution in [2.75, 3.05) is 0 Å². The maximum absolute atomic E-state index is 12.1. The standard InChI is InChI=1S/C52H84N2.2C30H61.Ni/c1-5-9-13-14-15-16-17-18-19-20-21-22-23-24-25-26-27-28-29-30-32-36-50-49(35-31-10-6-2)51(47-41-37-45(38-42-47)33-11-7-3)54(53)52(50)48-43-39-46(40-44-48)34-12-8-4;2*1-3-5-7-9-11-13-15-17-19-21-23-25-27-29-30-28-26-24-22-20-18-16-14-12-10-8-6-4-2;/h37-44H,5-36H2,1-4H3;2*1,3-30H2,2H3;/q;2*-1;+2. The molecule has 1 heterocycles. The SMILES string of the molecule is CCCCCCCCCCCCCCCCCCCCCCCC1=C(c2ccc(CCCC)cc2)[N+](=[N-])C(c2ccc(CCCC)cc2)=C1CCCCC.[CH2-]CCCCCCCCCCCCCCCCCCCCCCCCCCCCC.[CH2-]CCCCCCCCCCCCCCCCCCCCCCCCCCCCC.[Ni+2]. The molecule has 0 N–H and O–H groups in total. The largest absolute Gasteiger partial charge is 2.00 e. The van der Waals surface area contributed by atoms with Crippen LogP contribution in [0.1, 0.15) is 616 Å². The summed E-state index contributed by atoms with van der Waals surface area (Å²) in [7, 11) is 0. The van der Waals surface area contributed by atoms with E-state index in [2.05, 4.69) is 104 Å². The molecule has 0 atom stereocenters. The summed E-state index contributed by atoms with van der Waals surface area (Å²) in [5.74, 6) is 0. The molecule has 1 aliphatic heterocycles. The van der Waals surface area contributed by atoms with E-state index in [1.54, 1.807) is 4.70 Å². The fourth-order valence-electron chi connectivity index (χ4n) is 17.8. The van der Waals surface area contributed by atoms with Gasteiger partial charge in [-0.05, 0) is 86.8 Å². The van der Waals surface area contributed by atoms with Gasteiger partial charge < -0.3 is 19.4 Å². The van der Waals surface area contributed by atoms with Crippen molar-refractivity contribution in [1.29, 1.82) is 0 Å². The summed E-state index contributed by atoms with van der Waals surface area (Å²) in [5, 5.41) is 0. The smallest absolute Gasteiger partial charge is 0.493 e. The van der Waals surface area contributed by atoms with E-state index in [1.807, 2.05) is 0 Å². The van der Waals surface area contributed by atoms with Gasteiger partial charge in [-0.3, -0.25) is 0 Å². The van der Waals surface area contributed by atoms with Crippen LogP contribution in [0.3, 0.4) is 0 Å². The molecular formula is C112H206N2Ni. The van der Waals surface area contributed by atoms with Crippen molar-refractivity contribution in [2.45, 2.75) is 607 Å². The average Bonchev–Trinajstić information content (AvgIpc) is 1.61. The zero-order valence-electron chi connectivity index (χ0n) is 79.5. The molecule has 0 aliphatic carbocycles. The Hall–Kier alpha value is -1.99. The molecule has 674 valence electrons. The van der Waals surface area contributed by atoms with Crippen molar-refractivity contribution in [1.82, 2.24) is 0 Å². The van der Waals surface area contributed by atoms with Gasteiger partial charge in [0.2, 0.25) is 11.4 Å². The monoisotopic (exact) mass is 1640 g/mol. The molecular weight excluding hydrogens is 1430 g/mol. The van der Waals surface area contributed by atoms with Gasteiger partial charge in [0.1, 0.15) is 0 Å². The Morgan fingerprint density at radius 1 is 0.183 bits per heavy atom. The van der Waals surface area contributed by atoms with Crippen molar-refractivity contribution in [3.8, 4) is 0 Å². The van der Waals surface area contributed by atoms with Gasteiger partial charge in [0, 0.05) is 22.3 Å². The molecule has 115 heavy (non-hydrogen) atoms. The van der Waals surface area contributed by atoms with Gasteiger partial charge in [-0.25, -0.2) is 4.70 Å². The van der Waals surface area contributed by atoms with E-state index >= 15 is 0 Å². The zero-order valence-corrected chi connectivity index (χ0v) is 80.5. The Balaban J connectivity index is 0.00000182. The first-order valence-corrected chi connectivity index (χ1v) is 53.2. The third kappa shape index (κ3) is 73.3. The van der Waals surface area contributed by atoms with Crippen LogP contribution in [0.25, 0.3) is 16.9 Å². The predicted octanol–water partition coefficient (Wildman–Crippen LogP) is 41.2. The minimum Gasteiger partial charge on any atom is -0.493 e. The first kappa shape index (κ1) is 113. The molecule has 3 heteroatoms. The molecule has 2 aromatic rings. The molecule has 0 spiro atoms. The maximum Gasteiger partial charge on any atom is 2.00 e. The Bertz CT molecular complexity index is 2160. The number of aryl methyl sites for hydroxylation is 2. The summed E-state index contributed by atoms with van der Waals surface area (Å²) in [4.78, 5) is 0. The van der Waals surface area contributed by atoms with Crippen molar-refractivity contribution in [2.24, 2.45) is 0 Å². The second-order valence-corrected chi connectivity index (χ2v) is 36.9. The molecule has 0 amide bonds. The first-order chi connectivity index (χ1) is 56.5. The summed E-state index contributed by atoms with van der Waals surface area (Å²) in [6.45, 7) is 21.6. The Morgan fingerprint density at radius 2 is 0.322 bits per heavy atom. The van der Waals surface area contributed by atoms with Crippen molar-refractivity contribution in [3.63, 3.8) is 0 Å². The number of rotatable bonds is 88. The molecule has 0 bridgehead atoms. The van der Waals surface area contributed by atoms with Gasteiger partial charge in [-0.2, -0.15) is 12.8 Å². The summed E-state index contributed by atoms with van der Waals surface area (Å²) >= 11 is 0. The van der Waals surface area contributed by atoms with Crippen LogP contribution in [0.5, 0.6) is 0 Å². The van der Waals surface area contributed by atoms with Gasteiger partial charge in [0.15, 0.2) is 0 Å². The summed E-state index contributed by atoms with van der Waals surface area (Å²) < 4.78 is 1.58. The molecule has 0 radical (unpaired) electrons. The predicted molar refractivity (Wildman–Crippen MR) is 520 cm³/mol. The van der Waals surface area contributed by atoms with Crippen LogP contribution in [-0.2, 0) is 29.3 Å². The number of benzene rings is 2. The minimum absolute atomic E-state index is 0. The maximum atomic E-state index is 12.1. The van der Waals surface area contributed by atoms with Crippen LogP contribution < -0.4 is 0 Å². The first-order valence-electron chi connectivity index (χ1n) is 53.2. The quantitative estimate of drug-likeness (QED) is 0.0273. The van der Waals surface area contributed by atoms with E-state index in [0.29, 0.717) is 0 Å². The summed E-state index contributed by atoms with van der Waals surface area (Å²) in [6, 6.07) is 18.2. The second-order valence-electron chi connectivity index (χ2n) is 36.9. The number of unbranched alkanes of at least 4 members (excludes halogenated alkanes) is 78. The van der Waals surface area contributed by atoms with Crippen LogP contribution in [0, 0.1) is 13.8 Å². The summed E-state index contributed by atoms with van der Waals surface area (Å²) in [5.41, 5.74) is 22.0. The number of hydrogen-bond donors (Lipinski definition) is 0. The number of hydrogen-bond acceptors (Lipinski definition) is 0. The van der Waals surface area contributed by atoms with E-state index in [9.17, 15) is 5.53 Å². The Kier molecular flexibility index (Phi) is 92.6.